The molecule has 3 aromatic carbocycles. The summed E-state index contributed by atoms with van der Waals surface area (Å²) in [6.45, 7) is 3.73. The number of benzene rings is 3. The Hall–Kier alpha value is -3.55. The lowest BCUT2D eigenvalue weighted by molar-refractivity contribution is 0.106. The second-order valence-corrected chi connectivity index (χ2v) is 8.38. The maximum atomic E-state index is 13.3. The quantitative estimate of drug-likeness (QED) is 0.226. The maximum absolute atomic E-state index is 13.3. The van der Waals surface area contributed by atoms with Crippen molar-refractivity contribution in [1.82, 2.24) is 5.32 Å². The summed E-state index contributed by atoms with van der Waals surface area (Å²) < 4.78 is 23.3. The normalized spacial score (nSPS) is 12.1. The van der Waals surface area contributed by atoms with E-state index in [0.717, 1.165) is 30.7 Å². The summed E-state index contributed by atoms with van der Waals surface area (Å²) in [5.41, 5.74) is 1.57. The lowest BCUT2D eigenvalue weighted by atomic mass is 10.1. The first-order valence-electron chi connectivity index (χ1n) is 11.9. The number of para-hydroxylation sites is 1. The van der Waals surface area contributed by atoms with E-state index >= 15 is 0 Å². The van der Waals surface area contributed by atoms with Crippen molar-refractivity contribution in [2.24, 2.45) is 0 Å². The van der Waals surface area contributed by atoms with Gasteiger partial charge in [0, 0.05) is 18.7 Å². The topological polar surface area (TPSA) is 90.2 Å². The van der Waals surface area contributed by atoms with Crippen LogP contribution in [0.5, 0.6) is 17.2 Å². The van der Waals surface area contributed by atoms with Crippen molar-refractivity contribution in [3.05, 3.63) is 76.5 Å². The molecular formula is C28H31NO6. The third-order valence-electron chi connectivity index (χ3n) is 5.68. The Balaban J connectivity index is 1.62. The summed E-state index contributed by atoms with van der Waals surface area (Å²) in [7, 11) is 1.61. The van der Waals surface area contributed by atoms with Crippen LogP contribution in [0.15, 0.2) is 69.9 Å². The molecule has 0 aliphatic heterocycles. The van der Waals surface area contributed by atoms with E-state index in [1.54, 1.807) is 37.4 Å². The smallest absolute Gasteiger partial charge is 0.204 e. The molecule has 4 rings (SSSR count). The molecule has 0 saturated heterocycles. The van der Waals surface area contributed by atoms with Crippen molar-refractivity contribution in [2.45, 2.75) is 32.5 Å². The molecule has 1 atom stereocenters. The molecule has 35 heavy (non-hydrogen) atoms. The number of hydrogen-bond donors (Lipinski definition) is 2. The second-order valence-electron chi connectivity index (χ2n) is 8.38. The van der Waals surface area contributed by atoms with E-state index in [4.69, 9.17) is 18.6 Å². The van der Waals surface area contributed by atoms with Crippen molar-refractivity contribution in [1.29, 1.82) is 0 Å². The number of nitrogens with one attached hydrogen (secondary N) is 1. The van der Waals surface area contributed by atoms with Gasteiger partial charge in [0.05, 0.1) is 12.5 Å². The van der Waals surface area contributed by atoms with Gasteiger partial charge in [-0.05, 0) is 42.8 Å². The zero-order chi connectivity index (χ0) is 24.6. The summed E-state index contributed by atoms with van der Waals surface area (Å²) in [6.07, 6.45) is 1.47. The number of methoxy groups -OCH3 is 1. The number of aliphatic hydroxyl groups is 1. The average molecular weight is 478 g/mol. The average Bonchev–Trinajstić information content (AvgIpc) is 2.88. The van der Waals surface area contributed by atoms with E-state index < -0.39 is 6.10 Å². The highest BCUT2D eigenvalue weighted by molar-refractivity contribution is 5.94. The van der Waals surface area contributed by atoms with E-state index in [0.29, 0.717) is 40.0 Å². The lowest BCUT2D eigenvalue weighted by Gasteiger charge is -2.15. The molecule has 0 fully saturated rings. The van der Waals surface area contributed by atoms with Crippen LogP contribution in [0.2, 0.25) is 0 Å². The van der Waals surface area contributed by atoms with Crippen molar-refractivity contribution in [3.8, 4) is 17.2 Å². The Labute approximate surface area is 204 Å². The highest BCUT2D eigenvalue weighted by Gasteiger charge is 2.16. The Morgan fingerprint density at radius 3 is 2.69 bits per heavy atom. The number of ether oxygens (including phenoxy) is 3. The molecule has 1 aromatic heterocycles. The van der Waals surface area contributed by atoms with E-state index in [-0.39, 0.29) is 18.6 Å². The molecular weight excluding hydrogens is 446 g/mol. The fourth-order valence-corrected chi connectivity index (χ4v) is 3.81. The molecule has 7 heteroatoms. The molecule has 0 amide bonds. The van der Waals surface area contributed by atoms with Crippen molar-refractivity contribution in [3.63, 3.8) is 0 Å². The van der Waals surface area contributed by atoms with Crippen LogP contribution in [0.4, 0.5) is 0 Å². The fourth-order valence-electron chi connectivity index (χ4n) is 3.81. The minimum atomic E-state index is -0.674. The maximum Gasteiger partial charge on any atom is 0.204 e. The standard InChI is InChI=1S/C28H31NO6/c1-3-4-12-29-16-20(30)18-33-22-14-25(34-17-19-8-7-9-21(13-19)32-2)27-26(15-22)35-24-11-6-5-10-23(24)28(27)31/h5-11,13-15,20,29-30H,3-4,12,16-18H2,1-2H3. The number of aliphatic hydroxyl groups excluding tert-OH is 1. The van der Waals surface area contributed by atoms with Gasteiger partial charge in [-0.1, -0.05) is 37.6 Å². The van der Waals surface area contributed by atoms with Gasteiger partial charge in [-0.2, -0.15) is 0 Å². The fraction of sp³-hybridized carbons (Fsp3) is 0.321. The van der Waals surface area contributed by atoms with Crippen LogP contribution in [0.3, 0.4) is 0 Å². The van der Waals surface area contributed by atoms with Crippen LogP contribution < -0.4 is 25.0 Å². The molecule has 1 unspecified atom stereocenters. The first-order chi connectivity index (χ1) is 17.1. The lowest BCUT2D eigenvalue weighted by Crippen LogP contribution is -2.31. The third-order valence-corrected chi connectivity index (χ3v) is 5.68. The van der Waals surface area contributed by atoms with Gasteiger partial charge >= 0.3 is 0 Å². The van der Waals surface area contributed by atoms with E-state index in [1.807, 2.05) is 30.3 Å². The van der Waals surface area contributed by atoms with E-state index in [1.165, 1.54) is 0 Å². The van der Waals surface area contributed by atoms with Crippen LogP contribution in [0.25, 0.3) is 21.9 Å². The van der Waals surface area contributed by atoms with Crippen LogP contribution in [-0.2, 0) is 6.61 Å². The highest BCUT2D eigenvalue weighted by Crippen LogP contribution is 2.32. The van der Waals surface area contributed by atoms with Gasteiger partial charge in [0.1, 0.15) is 53.1 Å². The van der Waals surface area contributed by atoms with Crippen LogP contribution in [-0.4, -0.2) is 38.0 Å². The van der Waals surface area contributed by atoms with Crippen LogP contribution in [0.1, 0.15) is 25.3 Å². The second kappa shape index (κ2) is 11.7. The number of rotatable bonds is 12. The van der Waals surface area contributed by atoms with Gasteiger partial charge in [0.25, 0.3) is 0 Å². The molecule has 4 aromatic rings. The molecule has 0 saturated carbocycles. The molecule has 1 heterocycles. The molecule has 0 aliphatic rings. The molecule has 0 aliphatic carbocycles. The Morgan fingerprint density at radius 2 is 1.86 bits per heavy atom. The van der Waals surface area contributed by atoms with E-state index in [2.05, 4.69) is 12.2 Å². The van der Waals surface area contributed by atoms with Crippen LogP contribution in [0, 0.1) is 0 Å². The monoisotopic (exact) mass is 477 g/mol. The van der Waals surface area contributed by atoms with Gasteiger partial charge in [-0.3, -0.25) is 4.79 Å². The SMILES string of the molecule is CCCCNCC(O)COc1cc(OCc2cccc(OC)c2)c2c(=O)c3ccccc3oc2c1. The van der Waals surface area contributed by atoms with Gasteiger partial charge in [0.2, 0.25) is 5.43 Å². The Morgan fingerprint density at radius 1 is 1.00 bits per heavy atom. The zero-order valence-electron chi connectivity index (χ0n) is 20.1. The molecule has 2 N–H and O–H groups in total. The Bertz CT molecular complexity index is 1330. The summed E-state index contributed by atoms with van der Waals surface area (Å²) >= 11 is 0. The Kier molecular flexibility index (Phi) is 8.23. The van der Waals surface area contributed by atoms with Gasteiger partial charge < -0.3 is 29.1 Å². The molecule has 0 bridgehead atoms. The summed E-state index contributed by atoms with van der Waals surface area (Å²) in [5, 5.41) is 14.3. The summed E-state index contributed by atoms with van der Waals surface area (Å²) in [6, 6.07) is 18.0. The van der Waals surface area contributed by atoms with Gasteiger partial charge in [-0.25, -0.2) is 0 Å². The predicted molar refractivity (Wildman–Crippen MR) is 137 cm³/mol. The molecule has 0 radical (unpaired) electrons. The third kappa shape index (κ3) is 6.12. The predicted octanol–water partition coefficient (Wildman–Crippen LogP) is 4.66. The number of unbranched alkanes of at least 4 members (excludes halogenated alkanes) is 1. The van der Waals surface area contributed by atoms with Crippen molar-refractivity contribution in [2.75, 3.05) is 26.8 Å². The largest absolute Gasteiger partial charge is 0.497 e. The summed E-state index contributed by atoms with van der Waals surface area (Å²) in [5.74, 6) is 1.53. The molecule has 0 spiro atoms. The first-order valence-corrected chi connectivity index (χ1v) is 11.9. The minimum Gasteiger partial charge on any atom is -0.497 e. The molecule has 7 nitrogen and oxygen atoms in total. The summed E-state index contributed by atoms with van der Waals surface area (Å²) in [4.78, 5) is 13.3. The highest BCUT2D eigenvalue weighted by atomic mass is 16.5. The van der Waals surface area contributed by atoms with Gasteiger partial charge in [0.15, 0.2) is 0 Å². The first kappa shape index (κ1) is 24.6. The van der Waals surface area contributed by atoms with E-state index in [9.17, 15) is 9.90 Å². The number of hydrogen-bond acceptors (Lipinski definition) is 7. The van der Waals surface area contributed by atoms with Crippen molar-refractivity contribution < 1.29 is 23.7 Å². The van der Waals surface area contributed by atoms with Gasteiger partial charge in [-0.15, -0.1) is 0 Å². The number of fused-ring (bicyclic) bond motifs is 2. The minimum absolute atomic E-state index is 0.0950. The van der Waals surface area contributed by atoms with Crippen molar-refractivity contribution >= 4 is 21.9 Å². The van der Waals surface area contributed by atoms with Crippen LogP contribution >= 0.6 is 0 Å². The molecule has 184 valence electrons. The zero-order valence-corrected chi connectivity index (χ0v) is 20.1.